The van der Waals surface area contributed by atoms with Crippen molar-refractivity contribution in [3.8, 4) is 22.6 Å². The van der Waals surface area contributed by atoms with Crippen LogP contribution in [0.4, 0.5) is 5.69 Å². The number of aromatic nitrogens is 2. The predicted octanol–water partition coefficient (Wildman–Crippen LogP) is 5.42. The van der Waals surface area contributed by atoms with Crippen molar-refractivity contribution in [3.63, 3.8) is 0 Å². The topological polar surface area (TPSA) is 56.1 Å². The van der Waals surface area contributed by atoms with Crippen molar-refractivity contribution in [2.24, 2.45) is 0 Å². The Hall–Kier alpha value is -3.86. The molecular formula is C25H23N3O2. The molecule has 0 bridgehead atoms. The van der Waals surface area contributed by atoms with Crippen LogP contribution in [0.3, 0.4) is 0 Å². The molecule has 0 aliphatic heterocycles. The number of methoxy groups -OCH3 is 1. The number of rotatable bonds is 5. The minimum absolute atomic E-state index is 0.157. The molecular weight excluding hydrogens is 374 g/mol. The van der Waals surface area contributed by atoms with Crippen LogP contribution in [0.15, 0.2) is 79.1 Å². The van der Waals surface area contributed by atoms with Gasteiger partial charge in [0.05, 0.1) is 30.2 Å². The number of ether oxygens (including phenoxy) is 1. The molecule has 5 heteroatoms. The van der Waals surface area contributed by atoms with Gasteiger partial charge in [-0.05, 0) is 60.4 Å². The standard InChI is InChI=1S/C25H23N3O2/c1-17-15-26-28(16-17)23-10-5-4-9-22(23)27-25(29)24-18(2)7-6-8-21(24)19-11-13-20(30-3)14-12-19/h4-16H,1-3H3,(H,27,29). The Balaban J connectivity index is 1.72. The third kappa shape index (κ3) is 3.82. The summed E-state index contributed by atoms with van der Waals surface area (Å²) >= 11 is 0. The number of aryl methyl sites for hydroxylation is 2. The van der Waals surface area contributed by atoms with Gasteiger partial charge in [0.25, 0.3) is 5.91 Å². The van der Waals surface area contributed by atoms with Crippen LogP contribution in [0.5, 0.6) is 5.75 Å². The second-order valence-electron chi connectivity index (χ2n) is 7.16. The fourth-order valence-electron chi connectivity index (χ4n) is 3.49. The summed E-state index contributed by atoms with van der Waals surface area (Å²) in [6.07, 6.45) is 3.73. The van der Waals surface area contributed by atoms with Gasteiger partial charge in [-0.25, -0.2) is 4.68 Å². The highest BCUT2D eigenvalue weighted by Gasteiger charge is 2.17. The van der Waals surface area contributed by atoms with Crippen molar-refractivity contribution in [1.82, 2.24) is 9.78 Å². The minimum Gasteiger partial charge on any atom is -0.497 e. The Morgan fingerprint density at radius 2 is 1.73 bits per heavy atom. The molecule has 4 aromatic rings. The number of hydrogen-bond donors (Lipinski definition) is 1. The van der Waals surface area contributed by atoms with Crippen molar-refractivity contribution < 1.29 is 9.53 Å². The average molecular weight is 397 g/mol. The van der Waals surface area contributed by atoms with E-state index in [9.17, 15) is 4.79 Å². The first kappa shape index (κ1) is 19.5. The van der Waals surface area contributed by atoms with Gasteiger partial charge in [0.1, 0.15) is 5.75 Å². The monoisotopic (exact) mass is 397 g/mol. The van der Waals surface area contributed by atoms with Gasteiger partial charge in [-0.2, -0.15) is 5.10 Å². The van der Waals surface area contributed by atoms with E-state index in [-0.39, 0.29) is 5.91 Å². The van der Waals surface area contributed by atoms with E-state index < -0.39 is 0 Å². The fraction of sp³-hybridized carbons (Fsp3) is 0.120. The zero-order chi connectivity index (χ0) is 21.1. The molecule has 1 N–H and O–H groups in total. The van der Waals surface area contributed by atoms with Crippen LogP contribution in [-0.4, -0.2) is 22.8 Å². The first-order valence-corrected chi connectivity index (χ1v) is 9.73. The van der Waals surface area contributed by atoms with E-state index in [0.29, 0.717) is 11.3 Å². The molecule has 0 aliphatic rings. The normalized spacial score (nSPS) is 10.6. The molecule has 0 spiro atoms. The van der Waals surface area contributed by atoms with E-state index >= 15 is 0 Å². The summed E-state index contributed by atoms with van der Waals surface area (Å²) in [5, 5.41) is 7.46. The second kappa shape index (κ2) is 8.25. The van der Waals surface area contributed by atoms with Crippen molar-refractivity contribution in [1.29, 1.82) is 0 Å². The number of anilines is 1. The number of benzene rings is 3. The molecule has 0 radical (unpaired) electrons. The predicted molar refractivity (Wildman–Crippen MR) is 119 cm³/mol. The van der Waals surface area contributed by atoms with E-state index in [4.69, 9.17) is 4.74 Å². The fourth-order valence-corrected chi connectivity index (χ4v) is 3.49. The molecule has 1 amide bonds. The Kier molecular flexibility index (Phi) is 5.35. The van der Waals surface area contributed by atoms with Gasteiger partial charge in [-0.15, -0.1) is 0 Å². The summed E-state index contributed by atoms with van der Waals surface area (Å²) in [7, 11) is 1.64. The zero-order valence-electron chi connectivity index (χ0n) is 17.2. The molecule has 5 nitrogen and oxygen atoms in total. The maximum atomic E-state index is 13.4. The Bertz CT molecular complexity index is 1190. The van der Waals surface area contributed by atoms with Gasteiger partial charge in [0.2, 0.25) is 0 Å². The van der Waals surface area contributed by atoms with E-state index in [1.807, 2.05) is 86.8 Å². The van der Waals surface area contributed by atoms with Crippen molar-refractivity contribution in [2.45, 2.75) is 13.8 Å². The molecule has 1 aromatic heterocycles. The molecule has 0 saturated heterocycles. The van der Waals surface area contributed by atoms with Gasteiger partial charge >= 0.3 is 0 Å². The highest BCUT2D eigenvalue weighted by atomic mass is 16.5. The summed E-state index contributed by atoms with van der Waals surface area (Å²) < 4.78 is 7.03. The third-order valence-corrected chi connectivity index (χ3v) is 5.01. The van der Waals surface area contributed by atoms with Crippen LogP contribution in [0.1, 0.15) is 21.5 Å². The van der Waals surface area contributed by atoms with Crippen molar-refractivity contribution in [2.75, 3.05) is 12.4 Å². The van der Waals surface area contributed by atoms with E-state index in [2.05, 4.69) is 10.4 Å². The van der Waals surface area contributed by atoms with Crippen LogP contribution in [0.2, 0.25) is 0 Å². The molecule has 0 unspecified atom stereocenters. The summed E-state index contributed by atoms with van der Waals surface area (Å²) in [6.45, 7) is 3.93. The molecule has 0 aliphatic carbocycles. The van der Waals surface area contributed by atoms with Gasteiger partial charge in [-0.1, -0.05) is 42.5 Å². The maximum Gasteiger partial charge on any atom is 0.256 e. The lowest BCUT2D eigenvalue weighted by Gasteiger charge is -2.15. The van der Waals surface area contributed by atoms with Crippen LogP contribution in [0.25, 0.3) is 16.8 Å². The number of carbonyl (C=O) groups excluding carboxylic acids is 1. The lowest BCUT2D eigenvalue weighted by molar-refractivity contribution is 0.102. The van der Waals surface area contributed by atoms with Gasteiger partial charge in [-0.3, -0.25) is 4.79 Å². The minimum atomic E-state index is -0.157. The van der Waals surface area contributed by atoms with Gasteiger partial charge in [0, 0.05) is 6.20 Å². The summed E-state index contributed by atoms with van der Waals surface area (Å²) in [6, 6.07) is 21.2. The number of carbonyl (C=O) groups is 1. The van der Waals surface area contributed by atoms with Crippen molar-refractivity contribution in [3.05, 3.63) is 95.8 Å². The van der Waals surface area contributed by atoms with Crippen LogP contribution >= 0.6 is 0 Å². The number of hydrogen-bond acceptors (Lipinski definition) is 3. The van der Waals surface area contributed by atoms with E-state index in [0.717, 1.165) is 33.7 Å². The molecule has 150 valence electrons. The molecule has 4 rings (SSSR count). The van der Waals surface area contributed by atoms with E-state index in [1.165, 1.54) is 0 Å². The number of amides is 1. The lowest BCUT2D eigenvalue weighted by atomic mass is 9.95. The van der Waals surface area contributed by atoms with Crippen LogP contribution < -0.4 is 10.1 Å². The Morgan fingerprint density at radius 1 is 0.967 bits per heavy atom. The zero-order valence-corrected chi connectivity index (χ0v) is 17.2. The average Bonchev–Trinajstić information content (AvgIpc) is 3.20. The van der Waals surface area contributed by atoms with Crippen LogP contribution in [-0.2, 0) is 0 Å². The SMILES string of the molecule is COc1ccc(-c2cccc(C)c2C(=O)Nc2ccccc2-n2cc(C)cn2)cc1. The number of nitrogens with one attached hydrogen (secondary N) is 1. The molecule has 0 atom stereocenters. The van der Waals surface area contributed by atoms with Gasteiger partial charge < -0.3 is 10.1 Å². The van der Waals surface area contributed by atoms with Crippen LogP contribution in [0, 0.1) is 13.8 Å². The molecule has 3 aromatic carbocycles. The highest BCUT2D eigenvalue weighted by molar-refractivity contribution is 6.10. The first-order valence-electron chi connectivity index (χ1n) is 9.73. The Morgan fingerprint density at radius 3 is 2.43 bits per heavy atom. The summed E-state index contributed by atoms with van der Waals surface area (Å²) in [5.74, 6) is 0.621. The number of nitrogens with zero attached hydrogens (tertiary/aromatic N) is 2. The Labute approximate surface area is 175 Å². The summed E-state index contributed by atoms with van der Waals surface area (Å²) in [4.78, 5) is 13.4. The number of para-hydroxylation sites is 2. The largest absolute Gasteiger partial charge is 0.497 e. The van der Waals surface area contributed by atoms with Crippen molar-refractivity contribution >= 4 is 11.6 Å². The third-order valence-electron chi connectivity index (χ3n) is 5.01. The van der Waals surface area contributed by atoms with Gasteiger partial charge in [0.15, 0.2) is 0 Å². The second-order valence-corrected chi connectivity index (χ2v) is 7.16. The molecule has 30 heavy (non-hydrogen) atoms. The summed E-state index contributed by atoms with van der Waals surface area (Å²) in [5.41, 5.74) is 5.97. The smallest absolute Gasteiger partial charge is 0.256 e. The highest BCUT2D eigenvalue weighted by Crippen LogP contribution is 2.29. The van der Waals surface area contributed by atoms with E-state index in [1.54, 1.807) is 18.0 Å². The molecule has 0 saturated carbocycles. The maximum absolute atomic E-state index is 13.4. The molecule has 0 fully saturated rings. The first-order chi connectivity index (χ1) is 14.6. The molecule has 1 heterocycles. The lowest BCUT2D eigenvalue weighted by Crippen LogP contribution is -2.16. The quantitative estimate of drug-likeness (QED) is 0.489.